The SMILES string of the molecule is NN=Nc1ccc(-c2cn(N)c(=O)c3ccccc23)cc1. The van der Waals surface area contributed by atoms with E-state index in [4.69, 9.17) is 11.7 Å². The summed E-state index contributed by atoms with van der Waals surface area (Å²) in [5, 5.41) is 8.45. The number of pyridine rings is 1. The van der Waals surface area contributed by atoms with Gasteiger partial charge in [0.15, 0.2) is 0 Å². The van der Waals surface area contributed by atoms with Crippen molar-refractivity contribution < 1.29 is 0 Å². The average Bonchev–Trinajstić information content (AvgIpc) is 2.52. The molecule has 2 aromatic carbocycles. The van der Waals surface area contributed by atoms with Crippen LogP contribution in [0.3, 0.4) is 0 Å². The molecular formula is C15H13N5O. The van der Waals surface area contributed by atoms with Crippen LogP contribution in [-0.4, -0.2) is 4.68 Å². The molecular weight excluding hydrogens is 266 g/mol. The molecule has 4 N–H and O–H groups in total. The summed E-state index contributed by atoms with van der Waals surface area (Å²) >= 11 is 0. The normalized spacial score (nSPS) is 11.2. The molecule has 3 rings (SSSR count). The molecule has 6 heteroatoms. The number of nitrogen functional groups attached to an aromatic ring is 1. The minimum atomic E-state index is -0.220. The van der Waals surface area contributed by atoms with E-state index in [1.807, 2.05) is 30.3 Å². The predicted octanol–water partition coefficient (Wildman–Crippen LogP) is 2.34. The van der Waals surface area contributed by atoms with Gasteiger partial charge in [-0.25, -0.2) is 4.68 Å². The van der Waals surface area contributed by atoms with E-state index < -0.39 is 0 Å². The van der Waals surface area contributed by atoms with Crippen molar-refractivity contribution in [1.82, 2.24) is 4.68 Å². The average molecular weight is 279 g/mol. The summed E-state index contributed by atoms with van der Waals surface area (Å²) in [7, 11) is 0. The Labute approximate surface area is 120 Å². The number of benzene rings is 2. The van der Waals surface area contributed by atoms with Crippen molar-refractivity contribution in [2.75, 3.05) is 5.84 Å². The van der Waals surface area contributed by atoms with Crippen molar-refractivity contribution in [3.8, 4) is 11.1 Å². The molecule has 104 valence electrons. The molecule has 0 saturated carbocycles. The van der Waals surface area contributed by atoms with Crippen molar-refractivity contribution in [2.45, 2.75) is 0 Å². The summed E-state index contributed by atoms with van der Waals surface area (Å²) in [5.74, 6) is 10.8. The van der Waals surface area contributed by atoms with Gasteiger partial charge in [0.05, 0.1) is 5.69 Å². The van der Waals surface area contributed by atoms with Crippen LogP contribution in [0.25, 0.3) is 21.9 Å². The standard InChI is InChI=1S/C15H13N5O/c16-19-18-11-7-5-10(6-8-11)14-9-20(17)15(21)13-4-2-1-3-12(13)14/h1-9H,17H2,(H2,16,18). The van der Waals surface area contributed by atoms with E-state index in [-0.39, 0.29) is 5.56 Å². The van der Waals surface area contributed by atoms with Crippen molar-refractivity contribution in [2.24, 2.45) is 16.2 Å². The van der Waals surface area contributed by atoms with E-state index in [1.54, 1.807) is 24.4 Å². The Balaban J connectivity index is 2.25. The Hall–Kier alpha value is -3.15. The van der Waals surface area contributed by atoms with Crippen LogP contribution in [0.5, 0.6) is 0 Å². The van der Waals surface area contributed by atoms with Gasteiger partial charge in [-0.2, -0.15) is 0 Å². The Bertz CT molecular complexity index is 881. The monoisotopic (exact) mass is 279 g/mol. The molecule has 21 heavy (non-hydrogen) atoms. The quantitative estimate of drug-likeness (QED) is 0.428. The van der Waals surface area contributed by atoms with E-state index >= 15 is 0 Å². The van der Waals surface area contributed by atoms with Gasteiger partial charge in [-0.15, -0.1) is 5.11 Å². The summed E-state index contributed by atoms with van der Waals surface area (Å²) < 4.78 is 1.10. The lowest BCUT2D eigenvalue weighted by Crippen LogP contribution is -2.26. The zero-order chi connectivity index (χ0) is 14.8. The first kappa shape index (κ1) is 12.9. The highest BCUT2D eigenvalue weighted by Crippen LogP contribution is 2.28. The minimum absolute atomic E-state index is 0.220. The lowest BCUT2D eigenvalue weighted by Gasteiger charge is -2.09. The predicted molar refractivity (Wildman–Crippen MR) is 82.5 cm³/mol. The largest absolute Gasteiger partial charge is 0.336 e. The molecule has 0 aliphatic carbocycles. The Morgan fingerprint density at radius 1 is 0.952 bits per heavy atom. The molecule has 0 unspecified atom stereocenters. The van der Waals surface area contributed by atoms with Crippen molar-refractivity contribution >= 4 is 16.5 Å². The number of nitrogens with two attached hydrogens (primary N) is 2. The molecule has 1 heterocycles. The molecule has 0 aliphatic rings. The molecule has 0 radical (unpaired) electrons. The molecule has 0 bridgehead atoms. The summed E-state index contributed by atoms with van der Waals surface area (Å²) in [5.41, 5.74) is 2.25. The van der Waals surface area contributed by atoms with Gasteiger partial charge in [-0.1, -0.05) is 35.6 Å². The highest BCUT2D eigenvalue weighted by Gasteiger charge is 2.08. The topological polar surface area (TPSA) is 98.8 Å². The van der Waals surface area contributed by atoms with E-state index in [1.165, 1.54) is 0 Å². The maximum Gasteiger partial charge on any atom is 0.276 e. The van der Waals surface area contributed by atoms with Crippen LogP contribution in [0.1, 0.15) is 0 Å². The fourth-order valence-corrected chi connectivity index (χ4v) is 2.32. The smallest absolute Gasteiger partial charge is 0.276 e. The second-order valence-electron chi connectivity index (χ2n) is 4.56. The van der Waals surface area contributed by atoms with Crippen molar-refractivity contribution in [3.05, 3.63) is 65.1 Å². The van der Waals surface area contributed by atoms with E-state index in [9.17, 15) is 4.79 Å². The van der Waals surface area contributed by atoms with Crippen LogP contribution in [0, 0.1) is 0 Å². The van der Waals surface area contributed by atoms with E-state index in [0.717, 1.165) is 21.2 Å². The Morgan fingerprint density at radius 2 is 1.62 bits per heavy atom. The van der Waals surface area contributed by atoms with Gasteiger partial charge in [-0.3, -0.25) is 4.79 Å². The first-order valence-corrected chi connectivity index (χ1v) is 6.31. The van der Waals surface area contributed by atoms with Crippen LogP contribution in [0.2, 0.25) is 0 Å². The van der Waals surface area contributed by atoms with Crippen molar-refractivity contribution in [3.63, 3.8) is 0 Å². The molecule has 0 amide bonds. The minimum Gasteiger partial charge on any atom is -0.336 e. The molecule has 0 fully saturated rings. The number of hydrogen-bond acceptors (Lipinski definition) is 4. The molecule has 0 aliphatic heterocycles. The Kier molecular flexibility index (Phi) is 3.12. The van der Waals surface area contributed by atoms with Gasteiger partial charge in [0.25, 0.3) is 5.56 Å². The van der Waals surface area contributed by atoms with Crippen LogP contribution >= 0.6 is 0 Å². The molecule has 6 nitrogen and oxygen atoms in total. The molecule has 0 saturated heterocycles. The van der Waals surface area contributed by atoms with Crippen LogP contribution in [-0.2, 0) is 0 Å². The number of rotatable bonds is 2. The van der Waals surface area contributed by atoms with Gasteiger partial charge >= 0.3 is 0 Å². The third kappa shape index (κ3) is 2.23. The zero-order valence-electron chi connectivity index (χ0n) is 11.1. The van der Waals surface area contributed by atoms with Gasteiger partial charge in [0, 0.05) is 17.1 Å². The fourth-order valence-electron chi connectivity index (χ4n) is 2.32. The van der Waals surface area contributed by atoms with Gasteiger partial charge in [0.2, 0.25) is 0 Å². The first-order valence-electron chi connectivity index (χ1n) is 6.31. The maximum atomic E-state index is 12.0. The third-order valence-electron chi connectivity index (χ3n) is 3.30. The van der Waals surface area contributed by atoms with Gasteiger partial charge in [0.1, 0.15) is 0 Å². The summed E-state index contributed by atoms with van der Waals surface area (Å²) in [6.45, 7) is 0. The van der Waals surface area contributed by atoms with E-state index in [2.05, 4.69) is 10.3 Å². The van der Waals surface area contributed by atoms with Gasteiger partial charge in [-0.05, 0) is 29.1 Å². The summed E-state index contributed by atoms with van der Waals surface area (Å²) in [6.07, 6.45) is 1.63. The molecule has 1 aromatic heterocycles. The van der Waals surface area contributed by atoms with Gasteiger partial charge < -0.3 is 11.7 Å². The lowest BCUT2D eigenvalue weighted by atomic mass is 10.0. The van der Waals surface area contributed by atoms with Crippen LogP contribution < -0.4 is 17.2 Å². The second kappa shape index (κ2) is 5.09. The fraction of sp³-hybridized carbons (Fsp3) is 0. The second-order valence-corrected chi connectivity index (χ2v) is 4.56. The summed E-state index contributed by atoms with van der Waals surface area (Å²) in [4.78, 5) is 12.0. The number of nitrogens with zero attached hydrogens (tertiary/aromatic N) is 3. The molecule has 0 spiro atoms. The third-order valence-corrected chi connectivity index (χ3v) is 3.30. The first-order chi connectivity index (χ1) is 10.2. The van der Waals surface area contributed by atoms with E-state index in [0.29, 0.717) is 11.1 Å². The lowest BCUT2D eigenvalue weighted by molar-refractivity contribution is 0.955. The number of fused-ring (bicyclic) bond motifs is 1. The maximum absolute atomic E-state index is 12.0. The summed E-state index contributed by atoms with van der Waals surface area (Å²) in [6, 6.07) is 14.7. The molecule has 3 aromatic rings. The van der Waals surface area contributed by atoms with Crippen LogP contribution in [0.15, 0.2) is 69.9 Å². The highest BCUT2D eigenvalue weighted by molar-refractivity contribution is 5.95. The molecule has 0 atom stereocenters. The highest BCUT2D eigenvalue weighted by atomic mass is 16.1. The van der Waals surface area contributed by atoms with Crippen LogP contribution in [0.4, 0.5) is 5.69 Å². The van der Waals surface area contributed by atoms with Crippen molar-refractivity contribution in [1.29, 1.82) is 0 Å². The number of hydrogen-bond donors (Lipinski definition) is 2. The Morgan fingerprint density at radius 3 is 2.29 bits per heavy atom. The number of aromatic nitrogens is 1. The zero-order valence-corrected chi connectivity index (χ0v) is 11.1.